The summed E-state index contributed by atoms with van der Waals surface area (Å²) in [6, 6.07) is 23.2. The largest absolute Gasteiger partial charge is 0.0806 e. The summed E-state index contributed by atoms with van der Waals surface area (Å²) < 4.78 is 0. The molecule has 2 aromatic carbocycles. The Hall–Kier alpha value is -1.34. The van der Waals surface area contributed by atoms with Gasteiger partial charge in [-0.2, -0.15) is 0 Å². The predicted molar refractivity (Wildman–Crippen MR) is 83.1 cm³/mol. The van der Waals surface area contributed by atoms with Crippen LogP contribution in [0.5, 0.6) is 0 Å². The summed E-state index contributed by atoms with van der Waals surface area (Å²) >= 11 is 0. The smallest absolute Gasteiger partial charge is 0.0654 e. The molecule has 0 atom stereocenters. The second-order valence-electron chi connectivity index (χ2n) is 5.59. The van der Waals surface area contributed by atoms with Crippen molar-refractivity contribution in [2.75, 3.05) is 0 Å². The van der Waals surface area contributed by atoms with Gasteiger partial charge in [0, 0.05) is 0 Å². The molecule has 0 spiro atoms. The Morgan fingerprint density at radius 2 is 1.33 bits per heavy atom. The summed E-state index contributed by atoms with van der Waals surface area (Å²) in [6.07, 6.45) is 2.52. The van der Waals surface area contributed by atoms with Crippen LogP contribution in [-0.4, -0.2) is 8.07 Å². The van der Waals surface area contributed by atoms with Crippen LogP contribution in [0.4, 0.5) is 0 Å². The molecule has 0 fully saturated rings. The third kappa shape index (κ3) is 3.57. The Labute approximate surface area is 112 Å². The van der Waals surface area contributed by atoms with Gasteiger partial charge in [0.25, 0.3) is 0 Å². The second kappa shape index (κ2) is 6.01. The zero-order chi connectivity index (χ0) is 12.8. The van der Waals surface area contributed by atoms with Gasteiger partial charge in [0.2, 0.25) is 0 Å². The Morgan fingerprint density at radius 3 is 1.94 bits per heavy atom. The molecule has 0 amide bonds. The SMILES string of the molecule is C[Si](C)(CCCc1ccccc1)c1ccccc1. The van der Waals surface area contributed by atoms with E-state index < -0.39 is 8.07 Å². The molecule has 2 aromatic rings. The lowest BCUT2D eigenvalue weighted by atomic mass is 10.1. The van der Waals surface area contributed by atoms with E-state index in [-0.39, 0.29) is 0 Å². The highest BCUT2D eigenvalue weighted by molar-refractivity contribution is 6.89. The van der Waals surface area contributed by atoms with Gasteiger partial charge in [0.15, 0.2) is 0 Å². The highest BCUT2D eigenvalue weighted by atomic mass is 28.3. The summed E-state index contributed by atoms with van der Waals surface area (Å²) in [7, 11) is -1.23. The number of hydrogen-bond acceptors (Lipinski definition) is 0. The van der Waals surface area contributed by atoms with Gasteiger partial charge in [-0.15, -0.1) is 0 Å². The van der Waals surface area contributed by atoms with Gasteiger partial charge >= 0.3 is 0 Å². The Morgan fingerprint density at radius 1 is 0.778 bits per heavy atom. The van der Waals surface area contributed by atoms with Crippen molar-refractivity contribution >= 4 is 13.3 Å². The van der Waals surface area contributed by atoms with E-state index in [2.05, 4.69) is 73.8 Å². The number of hydrogen-bond donors (Lipinski definition) is 0. The standard InChI is InChI=1S/C17H22Si/c1-18(2,17-13-7-4-8-14-17)15-9-12-16-10-5-3-6-11-16/h3-8,10-11,13-14H,9,12,15H2,1-2H3. The first-order valence-corrected chi connectivity index (χ1v) is 9.99. The van der Waals surface area contributed by atoms with E-state index >= 15 is 0 Å². The summed E-state index contributed by atoms with van der Waals surface area (Å²) in [6.45, 7) is 4.96. The van der Waals surface area contributed by atoms with Gasteiger partial charge in [-0.25, -0.2) is 0 Å². The molecular weight excluding hydrogens is 232 g/mol. The second-order valence-corrected chi connectivity index (χ2v) is 10.4. The molecule has 0 aromatic heterocycles. The van der Waals surface area contributed by atoms with Crippen LogP contribution >= 0.6 is 0 Å². The van der Waals surface area contributed by atoms with Crippen LogP contribution in [-0.2, 0) is 6.42 Å². The predicted octanol–water partition coefficient (Wildman–Crippen LogP) is 4.23. The quantitative estimate of drug-likeness (QED) is 0.700. The van der Waals surface area contributed by atoms with E-state index in [1.54, 1.807) is 5.19 Å². The maximum atomic E-state index is 2.48. The van der Waals surface area contributed by atoms with Crippen LogP contribution in [0.15, 0.2) is 60.7 Å². The molecule has 0 unspecified atom stereocenters. The van der Waals surface area contributed by atoms with E-state index in [0.717, 1.165) is 0 Å². The molecule has 0 aliphatic heterocycles. The van der Waals surface area contributed by atoms with Crippen LogP contribution in [0.3, 0.4) is 0 Å². The molecule has 0 aliphatic carbocycles. The molecular formula is C17H22Si. The maximum absolute atomic E-state index is 2.48. The average Bonchev–Trinajstić information content (AvgIpc) is 2.41. The van der Waals surface area contributed by atoms with Gasteiger partial charge in [-0.1, -0.05) is 91.4 Å². The minimum absolute atomic E-state index is 1.21. The van der Waals surface area contributed by atoms with Crippen molar-refractivity contribution in [3.05, 3.63) is 66.2 Å². The highest BCUT2D eigenvalue weighted by Gasteiger charge is 2.22. The first-order chi connectivity index (χ1) is 8.68. The van der Waals surface area contributed by atoms with Gasteiger partial charge < -0.3 is 0 Å². The number of aryl methyl sites for hydroxylation is 1. The van der Waals surface area contributed by atoms with Gasteiger partial charge in [0.05, 0.1) is 8.07 Å². The van der Waals surface area contributed by atoms with Crippen molar-refractivity contribution in [2.45, 2.75) is 32.0 Å². The molecule has 94 valence electrons. The lowest BCUT2D eigenvalue weighted by molar-refractivity contribution is 0.904. The number of rotatable bonds is 5. The van der Waals surface area contributed by atoms with Crippen molar-refractivity contribution in [3.63, 3.8) is 0 Å². The summed E-state index contributed by atoms with van der Waals surface area (Å²) in [5, 5.41) is 1.58. The molecule has 0 bridgehead atoms. The van der Waals surface area contributed by atoms with Gasteiger partial charge in [0.1, 0.15) is 0 Å². The van der Waals surface area contributed by atoms with Gasteiger partial charge in [-0.05, 0) is 12.0 Å². The van der Waals surface area contributed by atoms with Crippen molar-refractivity contribution in [2.24, 2.45) is 0 Å². The minimum Gasteiger partial charge on any atom is -0.0654 e. The van der Waals surface area contributed by atoms with E-state index in [1.807, 2.05) is 0 Å². The molecule has 2 rings (SSSR count). The lowest BCUT2D eigenvalue weighted by Crippen LogP contribution is -2.40. The molecule has 0 saturated heterocycles. The normalized spacial score (nSPS) is 11.4. The molecule has 0 heterocycles. The Bertz CT molecular complexity index is 459. The molecule has 0 N–H and O–H groups in total. The highest BCUT2D eigenvalue weighted by Crippen LogP contribution is 2.15. The van der Waals surface area contributed by atoms with Crippen LogP contribution in [0.1, 0.15) is 12.0 Å². The fraction of sp³-hybridized carbons (Fsp3) is 0.294. The fourth-order valence-electron chi connectivity index (χ4n) is 2.41. The van der Waals surface area contributed by atoms with Crippen molar-refractivity contribution in [3.8, 4) is 0 Å². The zero-order valence-corrected chi connectivity index (χ0v) is 12.4. The van der Waals surface area contributed by atoms with Crippen LogP contribution < -0.4 is 5.19 Å². The minimum atomic E-state index is -1.23. The van der Waals surface area contributed by atoms with E-state index in [4.69, 9.17) is 0 Å². The average molecular weight is 254 g/mol. The molecule has 0 aliphatic rings. The fourth-order valence-corrected chi connectivity index (χ4v) is 4.86. The summed E-state index contributed by atoms with van der Waals surface area (Å²) in [4.78, 5) is 0. The third-order valence-corrected chi connectivity index (χ3v) is 7.17. The molecule has 0 radical (unpaired) electrons. The van der Waals surface area contributed by atoms with E-state index in [0.29, 0.717) is 0 Å². The summed E-state index contributed by atoms with van der Waals surface area (Å²) in [5.74, 6) is 0. The Balaban J connectivity index is 1.90. The topological polar surface area (TPSA) is 0 Å². The monoisotopic (exact) mass is 254 g/mol. The van der Waals surface area contributed by atoms with Crippen molar-refractivity contribution in [1.82, 2.24) is 0 Å². The van der Waals surface area contributed by atoms with Crippen LogP contribution in [0, 0.1) is 0 Å². The van der Waals surface area contributed by atoms with Crippen molar-refractivity contribution < 1.29 is 0 Å². The molecule has 18 heavy (non-hydrogen) atoms. The van der Waals surface area contributed by atoms with Crippen molar-refractivity contribution in [1.29, 1.82) is 0 Å². The molecule has 1 heteroatoms. The number of benzene rings is 2. The molecule has 0 saturated carbocycles. The first-order valence-electron chi connectivity index (χ1n) is 6.78. The lowest BCUT2D eigenvalue weighted by Gasteiger charge is -2.22. The van der Waals surface area contributed by atoms with Gasteiger partial charge in [-0.3, -0.25) is 0 Å². The van der Waals surface area contributed by atoms with E-state index in [1.165, 1.54) is 24.4 Å². The molecule has 0 nitrogen and oxygen atoms in total. The first kappa shape index (κ1) is 13.1. The summed E-state index contributed by atoms with van der Waals surface area (Å²) in [5.41, 5.74) is 1.47. The van der Waals surface area contributed by atoms with Crippen LogP contribution in [0.2, 0.25) is 19.1 Å². The van der Waals surface area contributed by atoms with E-state index in [9.17, 15) is 0 Å². The third-order valence-electron chi connectivity index (χ3n) is 3.67. The maximum Gasteiger partial charge on any atom is 0.0806 e. The zero-order valence-electron chi connectivity index (χ0n) is 11.4. The van der Waals surface area contributed by atoms with Crippen LogP contribution in [0.25, 0.3) is 0 Å². The Kier molecular flexibility index (Phi) is 4.37.